The molecule has 2 aliphatic rings. The fourth-order valence-electron chi connectivity index (χ4n) is 3.71. The molecular weight excluding hydrogens is 344 g/mol. The summed E-state index contributed by atoms with van der Waals surface area (Å²) in [7, 11) is 0. The van der Waals surface area contributed by atoms with Gasteiger partial charge in [0.2, 0.25) is 0 Å². The van der Waals surface area contributed by atoms with E-state index < -0.39 is 5.60 Å². The normalized spacial score (nSPS) is 22.0. The molecule has 1 N–H and O–H groups in total. The van der Waals surface area contributed by atoms with Crippen LogP contribution in [0.15, 0.2) is 22.3 Å². The van der Waals surface area contributed by atoms with E-state index in [9.17, 15) is 19.5 Å². The van der Waals surface area contributed by atoms with Crippen molar-refractivity contribution in [1.29, 1.82) is 0 Å². The Kier molecular flexibility index (Phi) is 6.43. The number of carbonyl (C=O) groups excluding carboxylic acids is 3. The zero-order valence-corrected chi connectivity index (χ0v) is 17.4. The van der Waals surface area contributed by atoms with Gasteiger partial charge in [0.25, 0.3) is 5.91 Å². The fraction of sp³-hybridized carbons (Fsp3) is 0.667. The van der Waals surface area contributed by atoms with Crippen molar-refractivity contribution in [3.63, 3.8) is 0 Å². The van der Waals surface area contributed by atoms with E-state index in [0.717, 1.165) is 13.1 Å². The van der Waals surface area contributed by atoms with E-state index in [1.54, 1.807) is 25.7 Å². The summed E-state index contributed by atoms with van der Waals surface area (Å²) in [4.78, 5) is 41.6. The lowest BCUT2D eigenvalue weighted by Gasteiger charge is -2.39. The van der Waals surface area contributed by atoms with Gasteiger partial charge in [-0.05, 0) is 54.4 Å². The van der Waals surface area contributed by atoms with Crippen LogP contribution < -0.4 is 0 Å². The van der Waals surface area contributed by atoms with Crippen LogP contribution in [0.2, 0.25) is 0 Å². The average Bonchev–Trinajstić information content (AvgIpc) is 2.64. The molecule has 6 nitrogen and oxygen atoms in total. The number of nitrogens with zero attached hydrogens (tertiary/aromatic N) is 2. The third-order valence-corrected chi connectivity index (χ3v) is 5.97. The second kappa shape index (κ2) is 8.07. The van der Waals surface area contributed by atoms with Gasteiger partial charge in [0.05, 0.1) is 0 Å². The number of aliphatic hydroxyl groups is 1. The number of allylic oxidation sites excluding steroid dienone is 4. The second-order valence-electron chi connectivity index (χ2n) is 8.21. The maximum atomic E-state index is 12.8. The van der Waals surface area contributed by atoms with Gasteiger partial charge in [-0.3, -0.25) is 19.3 Å². The molecule has 6 heteroatoms. The van der Waals surface area contributed by atoms with E-state index in [1.807, 2.05) is 0 Å². The number of carbonyl (C=O) groups is 3. The summed E-state index contributed by atoms with van der Waals surface area (Å²) in [6.45, 7) is 13.5. The number of Topliss-reactive ketones (excluding diaryl/α,β-unsaturated/α-hetero) is 2. The van der Waals surface area contributed by atoms with Crippen LogP contribution in [0.1, 0.15) is 54.4 Å². The first kappa shape index (κ1) is 21.5. The zero-order chi connectivity index (χ0) is 20.5. The van der Waals surface area contributed by atoms with E-state index in [-0.39, 0.29) is 30.3 Å². The van der Waals surface area contributed by atoms with E-state index in [4.69, 9.17) is 0 Å². The van der Waals surface area contributed by atoms with Gasteiger partial charge >= 0.3 is 0 Å². The van der Waals surface area contributed by atoms with Gasteiger partial charge in [-0.25, -0.2) is 0 Å². The molecule has 1 heterocycles. The predicted molar refractivity (Wildman–Crippen MR) is 104 cm³/mol. The minimum Gasteiger partial charge on any atom is -0.380 e. The van der Waals surface area contributed by atoms with Crippen LogP contribution in [0.4, 0.5) is 0 Å². The summed E-state index contributed by atoms with van der Waals surface area (Å²) in [5.41, 5.74) is 0.224. The molecule has 0 aromatic carbocycles. The van der Waals surface area contributed by atoms with Crippen LogP contribution in [-0.4, -0.2) is 70.2 Å². The molecule has 2 rings (SSSR count). The van der Waals surface area contributed by atoms with Crippen LogP contribution in [0.5, 0.6) is 0 Å². The number of rotatable bonds is 5. The lowest BCUT2D eigenvalue weighted by molar-refractivity contribution is -0.152. The number of hydrogen-bond donors (Lipinski definition) is 1. The summed E-state index contributed by atoms with van der Waals surface area (Å²) in [6.07, 6.45) is 0.333. The highest BCUT2D eigenvalue weighted by Gasteiger charge is 2.37. The van der Waals surface area contributed by atoms with Gasteiger partial charge in [-0.1, -0.05) is 0 Å². The highest BCUT2D eigenvalue weighted by atomic mass is 16.3. The number of hydrogen-bond acceptors (Lipinski definition) is 5. The van der Waals surface area contributed by atoms with Gasteiger partial charge < -0.3 is 10.0 Å². The van der Waals surface area contributed by atoms with Crippen molar-refractivity contribution >= 4 is 17.5 Å². The first-order chi connectivity index (χ1) is 12.5. The Balaban J connectivity index is 2.03. The molecule has 1 amide bonds. The molecule has 1 unspecified atom stereocenters. The van der Waals surface area contributed by atoms with E-state index in [1.165, 1.54) is 6.92 Å². The Hall–Kier alpha value is -1.79. The van der Waals surface area contributed by atoms with Gasteiger partial charge in [0, 0.05) is 54.5 Å². The van der Waals surface area contributed by atoms with Crippen LogP contribution >= 0.6 is 0 Å². The Bertz CT molecular complexity index is 708. The zero-order valence-electron chi connectivity index (χ0n) is 17.4. The Morgan fingerprint density at radius 1 is 1.00 bits per heavy atom. The standard InChI is InChI=1S/C21H32N2O4/c1-13(2)22-9-11-23(12-10-22)20(26)21(6,27)8-7-17-16(5)18(24)14(3)15(4)19(17)25/h13,27H,7-12H2,1-6H3. The molecule has 0 bridgehead atoms. The van der Waals surface area contributed by atoms with Crippen molar-refractivity contribution in [3.8, 4) is 0 Å². The third-order valence-electron chi connectivity index (χ3n) is 5.97. The molecule has 1 aliphatic heterocycles. The monoisotopic (exact) mass is 376 g/mol. The minimum atomic E-state index is -1.55. The van der Waals surface area contributed by atoms with Crippen LogP contribution in [0.3, 0.4) is 0 Å². The third kappa shape index (κ3) is 4.38. The van der Waals surface area contributed by atoms with Crippen molar-refractivity contribution in [2.24, 2.45) is 0 Å². The summed E-state index contributed by atoms with van der Waals surface area (Å²) in [6, 6.07) is 0.437. The quantitative estimate of drug-likeness (QED) is 0.741. The molecule has 150 valence electrons. The highest BCUT2D eigenvalue weighted by molar-refractivity contribution is 6.24. The fourth-order valence-corrected chi connectivity index (χ4v) is 3.71. The molecule has 0 radical (unpaired) electrons. The van der Waals surface area contributed by atoms with Gasteiger partial charge in [-0.15, -0.1) is 0 Å². The number of ketones is 2. The van der Waals surface area contributed by atoms with Crippen molar-refractivity contribution in [3.05, 3.63) is 22.3 Å². The smallest absolute Gasteiger partial charge is 0.254 e. The van der Waals surface area contributed by atoms with Crippen LogP contribution in [-0.2, 0) is 14.4 Å². The molecule has 1 atom stereocenters. The van der Waals surface area contributed by atoms with Crippen molar-refractivity contribution in [2.45, 2.75) is 66.0 Å². The molecule has 1 saturated heterocycles. The largest absolute Gasteiger partial charge is 0.380 e. The van der Waals surface area contributed by atoms with Gasteiger partial charge in [0.1, 0.15) is 5.60 Å². The Morgan fingerprint density at radius 3 is 2.04 bits per heavy atom. The molecular formula is C21H32N2O4. The first-order valence-electron chi connectivity index (χ1n) is 9.69. The van der Waals surface area contributed by atoms with Crippen LogP contribution in [0.25, 0.3) is 0 Å². The highest BCUT2D eigenvalue weighted by Crippen LogP contribution is 2.29. The van der Waals surface area contributed by atoms with Crippen LogP contribution in [0, 0.1) is 0 Å². The van der Waals surface area contributed by atoms with Crippen molar-refractivity contribution in [2.75, 3.05) is 26.2 Å². The average molecular weight is 376 g/mol. The van der Waals surface area contributed by atoms with Crippen molar-refractivity contribution < 1.29 is 19.5 Å². The summed E-state index contributed by atoms with van der Waals surface area (Å²) < 4.78 is 0. The SMILES string of the molecule is CC1=C(C)C(=O)C(CCC(C)(O)C(=O)N2CCN(C(C)C)CC2)=C(C)C1=O. The molecule has 1 aliphatic carbocycles. The van der Waals surface area contributed by atoms with Gasteiger partial charge in [-0.2, -0.15) is 0 Å². The number of piperazine rings is 1. The van der Waals surface area contributed by atoms with Gasteiger partial charge in [0.15, 0.2) is 11.6 Å². The van der Waals surface area contributed by atoms with Crippen molar-refractivity contribution in [1.82, 2.24) is 9.80 Å². The molecule has 27 heavy (non-hydrogen) atoms. The molecule has 0 aromatic rings. The minimum absolute atomic E-state index is 0.119. The summed E-state index contributed by atoms with van der Waals surface area (Å²) in [5, 5.41) is 10.8. The number of amides is 1. The van der Waals surface area contributed by atoms with E-state index in [2.05, 4.69) is 18.7 Å². The molecule has 0 aromatic heterocycles. The first-order valence-corrected chi connectivity index (χ1v) is 9.69. The molecule has 1 fully saturated rings. The Morgan fingerprint density at radius 2 is 1.52 bits per heavy atom. The lowest BCUT2D eigenvalue weighted by Crippen LogP contribution is -2.56. The van der Waals surface area contributed by atoms with E-state index in [0.29, 0.717) is 41.4 Å². The predicted octanol–water partition coefficient (Wildman–Crippen LogP) is 1.87. The summed E-state index contributed by atoms with van der Waals surface area (Å²) in [5.74, 6) is -0.585. The Labute approximate surface area is 161 Å². The van der Waals surface area contributed by atoms with E-state index >= 15 is 0 Å². The maximum Gasteiger partial charge on any atom is 0.254 e. The second-order valence-corrected chi connectivity index (χ2v) is 8.21. The maximum absolute atomic E-state index is 12.8. The molecule has 0 spiro atoms. The summed E-state index contributed by atoms with van der Waals surface area (Å²) >= 11 is 0. The lowest BCUT2D eigenvalue weighted by atomic mass is 9.82. The molecule has 0 saturated carbocycles. The topological polar surface area (TPSA) is 77.9 Å².